The molecule has 0 saturated heterocycles. The van der Waals surface area contributed by atoms with Gasteiger partial charge in [-0.3, -0.25) is 0 Å². The maximum absolute atomic E-state index is 5.51. The van der Waals surface area contributed by atoms with E-state index in [1.807, 2.05) is 25.4 Å². The third kappa shape index (κ3) is 2.07. The van der Waals surface area contributed by atoms with Gasteiger partial charge < -0.3 is 14.3 Å². The molecule has 0 aliphatic carbocycles. The fourth-order valence-electron chi connectivity index (χ4n) is 2.36. The minimum Gasteiger partial charge on any atom is -0.394 e. The molecule has 0 spiro atoms. The Hall–Kier alpha value is -1.59. The summed E-state index contributed by atoms with van der Waals surface area (Å²) < 4.78 is 2.20. The Bertz CT molecular complexity index is 667. The molecular formula is C15H19N3OS. The zero-order valence-electron chi connectivity index (χ0n) is 12.3. The first-order chi connectivity index (χ1) is 9.59. The average Bonchev–Trinajstić information content (AvgIpc) is 3.03. The second kappa shape index (κ2) is 5.07. The largest absolute Gasteiger partial charge is 0.394 e. The number of nitrogens with zero attached hydrogens (tertiary/aromatic N) is 3. The van der Waals surface area contributed by atoms with E-state index < -0.39 is 0 Å². The molecular weight excluding hydrogens is 270 g/mol. The van der Waals surface area contributed by atoms with Crippen LogP contribution in [0.3, 0.4) is 0 Å². The van der Waals surface area contributed by atoms with Crippen molar-refractivity contribution in [2.45, 2.75) is 13.8 Å². The number of oxime groups is 1. The first kappa shape index (κ1) is 13.4. The van der Waals surface area contributed by atoms with Crippen molar-refractivity contribution in [2.24, 2.45) is 5.16 Å². The third-order valence-electron chi connectivity index (χ3n) is 3.60. The Balaban J connectivity index is 1.94. The molecule has 20 heavy (non-hydrogen) atoms. The van der Waals surface area contributed by atoms with Gasteiger partial charge in [-0.1, -0.05) is 5.16 Å². The number of aromatic nitrogens is 1. The van der Waals surface area contributed by atoms with Crippen molar-refractivity contribution in [3.8, 4) is 5.00 Å². The molecule has 3 heterocycles. The molecule has 2 aromatic heterocycles. The molecule has 3 rings (SSSR count). The van der Waals surface area contributed by atoms with Crippen LogP contribution in [0.25, 0.3) is 5.00 Å². The van der Waals surface area contributed by atoms with Crippen LogP contribution in [0.5, 0.6) is 0 Å². The highest BCUT2D eigenvalue weighted by atomic mass is 32.1. The molecule has 0 fully saturated rings. The fourth-order valence-corrected chi connectivity index (χ4v) is 3.52. The van der Waals surface area contributed by atoms with Crippen LogP contribution in [0.2, 0.25) is 0 Å². The van der Waals surface area contributed by atoms with E-state index in [1.165, 1.54) is 21.0 Å². The molecule has 0 atom stereocenters. The highest BCUT2D eigenvalue weighted by molar-refractivity contribution is 7.15. The monoisotopic (exact) mass is 289 g/mol. The van der Waals surface area contributed by atoms with Crippen molar-refractivity contribution in [1.82, 2.24) is 9.47 Å². The van der Waals surface area contributed by atoms with E-state index in [0.29, 0.717) is 6.61 Å². The molecule has 5 heteroatoms. The van der Waals surface area contributed by atoms with Gasteiger partial charge >= 0.3 is 0 Å². The second-order valence-electron chi connectivity index (χ2n) is 5.30. The Morgan fingerprint density at radius 2 is 2.15 bits per heavy atom. The van der Waals surface area contributed by atoms with Crippen molar-refractivity contribution in [3.63, 3.8) is 0 Å². The van der Waals surface area contributed by atoms with Crippen LogP contribution in [-0.4, -0.2) is 42.4 Å². The quantitative estimate of drug-likeness (QED) is 0.546. The van der Waals surface area contributed by atoms with Gasteiger partial charge in [-0.25, -0.2) is 0 Å². The first-order valence-corrected chi connectivity index (χ1v) is 7.54. The molecule has 0 unspecified atom stereocenters. The predicted octanol–water partition coefficient (Wildman–Crippen LogP) is 2.80. The number of thiophene rings is 1. The van der Waals surface area contributed by atoms with Gasteiger partial charge in [0.15, 0.2) is 0 Å². The minimum absolute atomic E-state index is 0.606. The minimum atomic E-state index is 0.606. The summed E-state index contributed by atoms with van der Waals surface area (Å²) in [5.41, 5.74) is 4.63. The van der Waals surface area contributed by atoms with Gasteiger partial charge in [-0.2, -0.15) is 0 Å². The summed E-state index contributed by atoms with van der Waals surface area (Å²) in [7, 11) is 4.06. The predicted molar refractivity (Wildman–Crippen MR) is 83.3 cm³/mol. The highest BCUT2D eigenvalue weighted by Gasteiger charge is 2.29. The van der Waals surface area contributed by atoms with Crippen LogP contribution in [0, 0.1) is 13.8 Å². The molecule has 0 bridgehead atoms. The number of rotatable bonds is 4. The van der Waals surface area contributed by atoms with E-state index in [9.17, 15) is 0 Å². The summed E-state index contributed by atoms with van der Waals surface area (Å²) >= 11 is 1.82. The van der Waals surface area contributed by atoms with Crippen molar-refractivity contribution >= 4 is 17.0 Å². The van der Waals surface area contributed by atoms with Crippen molar-refractivity contribution < 1.29 is 4.84 Å². The SMILES string of the molecule is Cc1sc2c(c1C)/C(=N\OCCN(C)C)c1cccn1-2. The molecule has 0 radical (unpaired) electrons. The van der Waals surface area contributed by atoms with Crippen LogP contribution in [0.4, 0.5) is 0 Å². The van der Waals surface area contributed by atoms with Gasteiger partial charge in [-0.15, -0.1) is 11.3 Å². The lowest BCUT2D eigenvalue weighted by molar-refractivity contribution is 0.126. The first-order valence-electron chi connectivity index (χ1n) is 6.72. The molecule has 1 aliphatic rings. The summed E-state index contributed by atoms with van der Waals surface area (Å²) in [5, 5.41) is 5.66. The van der Waals surface area contributed by atoms with Crippen LogP contribution in [0.1, 0.15) is 21.7 Å². The number of hydrogen-bond donors (Lipinski definition) is 0. The molecule has 4 nitrogen and oxygen atoms in total. The molecule has 0 N–H and O–H groups in total. The van der Waals surface area contributed by atoms with E-state index in [4.69, 9.17) is 4.84 Å². The summed E-state index contributed by atoms with van der Waals surface area (Å²) in [4.78, 5) is 8.94. The van der Waals surface area contributed by atoms with Gasteiger partial charge in [0, 0.05) is 23.2 Å². The van der Waals surface area contributed by atoms with Gasteiger partial charge in [0.2, 0.25) is 0 Å². The second-order valence-corrected chi connectivity index (χ2v) is 6.51. The molecule has 1 aliphatic heterocycles. The normalized spacial score (nSPS) is 14.9. The summed E-state index contributed by atoms with van der Waals surface area (Å²) in [6, 6.07) is 4.15. The van der Waals surface area contributed by atoms with Crippen LogP contribution in [0.15, 0.2) is 23.5 Å². The number of hydrogen-bond acceptors (Lipinski definition) is 4. The smallest absolute Gasteiger partial charge is 0.137 e. The van der Waals surface area contributed by atoms with Gasteiger partial charge in [-0.05, 0) is 45.6 Å². The van der Waals surface area contributed by atoms with Crippen molar-refractivity contribution in [2.75, 3.05) is 27.2 Å². The summed E-state index contributed by atoms with van der Waals surface area (Å²) in [6.07, 6.45) is 2.09. The van der Waals surface area contributed by atoms with E-state index in [0.717, 1.165) is 18.0 Å². The van der Waals surface area contributed by atoms with Crippen molar-refractivity contribution in [1.29, 1.82) is 0 Å². The zero-order valence-corrected chi connectivity index (χ0v) is 13.1. The lowest BCUT2D eigenvalue weighted by atomic mass is 10.1. The fraction of sp³-hybridized carbons (Fsp3) is 0.400. The average molecular weight is 289 g/mol. The molecule has 106 valence electrons. The lowest BCUT2D eigenvalue weighted by Gasteiger charge is -2.08. The van der Waals surface area contributed by atoms with Gasteiger partial charge in [0.1, 0.15) is 17.3 Å². The third-order valence-corrected chi connectivity index (χ3v) is 4.81. The summed E-state index contributed by atoms with van der Waals surface area (Å²) in [6.45, 7) is 5.79. The van der Waals surface area contributed by atoms with Gasteiger partial charge in [0.25, 0.3) is 0 Å². The Labute approximate surface area is 123 Å². The van der Waals surface area contributed by atoms with Crippen LogP contribution >= 0.6 is 11.3 Å². The zero-order chi connectivity index (χ0) is 14.3. The number of fused-ring (bicyclic) bond motifs is 3. The number of likely N-dealkylation sites (N-methyl/N-ethyl adjacent to an activating group) is 1. The van der Waals surface area contributed by atoms with E-state index in [-0.39, 0.29) is 0 Å². The van der Waals surface area contributed by atoms with Gasteiger partial charge in [0.05, 0.1) is 5.69 Å². The standard InChI is InChI=1S/C15H19N3OS/c1-10-11(2)20-15-13(10)14(12-6-5-7-18(12)15)16-19-9-8-17(3)4/h5-7H,8-9H2,1-4H3/b16-14-. The Morgan fingerprint density at radius 1 is 1.35 bits per heavy atom. The maximum atomic E-state index is 5.51. The van der Waals surface area contributed by atoms with Crippen molar-refractivity contribution in [3.05, 3.63) is 40.0 Å². The number of aryl methyl sites for hydroxylation is 1. The van der Waals surface area contributed by atoms with E-state index >= 15 is 0 Å². The van der Waals surface area contributed by atoms with E-state index in [1.54, 1.807) is 0 Å². The van der Waals surface area contributed by atoms with E-state index in [2.05, 4.69) is 46.8 Å². The maximum Gasteiger partial charge on any atom is 0.137 e. The van der Waals surface area contributed by atoms with Crippen LogP contribution < -0.4 is 0 Å². The Kier molecular flexibility index (Phi) is 3.40. The molecule has 0 aromatic carbocycles. The highest BCUT2D eigenvalue weighted by Crippen LogP contribution is 2.38. The van der Waals surface area contributed by atoms with Crippen LogP contribution in [-0.2, 0) is 4.84 Å². The lowest BCUT2D eigenvalue weighted by Crippen LogP contribution is -2.17. The topological polar surface area (TPSA) is 29.8 Å². The molecule has 2 aromatic rings. The summed E-state index contributed by atoms with van der Waals surface area (Å²) in [5.74, 6) is 0. The Morgan fingerprint density at radius 3 is 2.90 bits per heavy atom. The molecule has 0 saturated carbocycles. The molecule has 0 amide bonds.